The lowest BCUT2D eigenvalue weighted by molar-refractivity contribution is -0.119. The lowest BCUT2D eigenvalue weighted by Gasteiger charge is -2.03. The summed E-state index contributed by atoms with van der Waals surface area (Å²) in [6.45, 7) is 2.79. The van der Waals surface area contributed by atoms with E-state index in [2.05, 4.69) is 26.1 Å². The van der Waals surface area contributed by atoms with Gasteiger partial charge in [0.05, 0.1) is 6.54 Å². The Morgan fingerprint density at radius 1 is 1.53 bits per heavy atom. The summed E-state index contributed by atoms with van der Waals surface area (Å²) in [6, 6.07) is -0.468. The first-order valence-corrected chi connectivity index (χ1v) is 6.32. The van der Waals surface area contributed by atoms with Crippen molar-refractivity contribution in [2.75, 3.05) is 6.54 Å². The van der Waals surface area contributed by atoms with Gasteiger partial charge in [-0.2, -0.15) is 4.98 Å². The molecule has 1 aromatic heterocycles. The van der Waals surface area contributed by atoms with E-state index in [1.807, 2.05) is 6.92 Å². The zero-order valence-electron chi connectivity index (χ0n) is 10.7. The van der Waals surface area contributed by atoms with Gasteiger partial charge in [0.25, 0.3) is 0 Å². The monoisotopic (exact) mass is 267 g/mol. The van der Waals surface area contributed by atoms with E-state index in [1.165, 1.54) is 0 Å². The van der Waals surface area contributed by atoms with Crippen LogP contribution in [0.3, 0.4) is 0 Å². The molecule has 1 fully saturated rings. The van der Waals surface area contributed by atoms with E-state index in [1.54, 1.807) is 0 Å². The second-order valence-electron chi connectivity index (χ2n) is 4.32. The smallest absolute Gasteiger partial charge is 0.315 e. The highest BCUT2D eigenvalue weighted by molar-refractivity contribution is 5.78. The molecule has 19 heavy (non-hydrogen) atoms. The highest BCUT2D eigenvalue weighted by Crippen LogP contribution is 2.21. The highest BCUT2D eigenvalue weighted by atomic mass is 16.5. The molecule has 2 heterocycles. The van der Waals surface area contributed by atoms with Crippen LogP contribution in [0.5, 0.6) is 0 Å². The minimum absolute atomic E-state index is 0.0122. The van der Waals surface area contributed by atoms with Crippen molar-refractivity contribution >= 4 is 11.9 Å². The van der Waals surface area contributed by atoms with Crippen molar-refractivity contribution in [1.82, 2.24) is 26.1 Å². The summed E-state index contributed by atoms with van der Waals surface area (Å²) in [6.07, 6.45) is 2.01. The summed E-state index contributed by atoms with van der Waals surface area (Å²) in [5.74, 6) is 0.765. The molecular weight excluding hydrogens is 250 g/mol. The average Bonchev–Trinajstić information content (AvgIpc) is 3.02. The first-order valence-electron chi connectivity index (χ1n) is 6.32. The molecule has 0 aliphatic carbocycles. The van der Waals surface area contributed by atoms with Gasteiger partial charge in [-0.05, 0) is 12.8 Å². The van der Waals surface area contributed by atoms with Gasteiger partial charge in [0.1, 0.15) is 6.04 Å². The maximum Gasteiger partial charge on any atom is 0.315 e. The number of nitrogens with one attached hydrogen (secondary N) is 3. The Labute approximate surface area is 110 Å². The van der Waals surface area contributed by atoms with E-state index in [-0.39, 0.29) is 24.5 Å². The van der Waals surface area contributed by atoms with Crippen LogP contribution in [0.1, 0.15) is 43.9 Å². The van der Waals surface area contributed by atoms with Gasteiger partial charge in [-0.1, -0.05) is 12.1 Å². The predicted molar refractivity (Wildman–Crippen MR) is 64.9 cm³/mol. The molecule has 104 valence electrons. The molecule has 0 unspecified atom stereocenters. The SMILES string of the molecule is CCCNC(=O)NCc1noc([C@@H]2CCC(=O)N2)n1. The summed E-state index contributed by atoms with van der Waals surface area (Å²) in [4.78, 5) is 26.5. The van der Waals surface area contributed by atoms with Crippen LogP contribution in [0.15, 0.2) is 4.52 Å². The van der Waals surface area contributed by atoms with Crippen molar-refractivity contribution in [2.45, 2.75) is 38.8 Å². The molecule has 1 atom stereocenters. The summed E-state index contributed by atoms with van der Waals surface area (Å²) in [7, 11) is 0. The highest BCUT2D eigenvalue weighted by Gasteiger charge is 2.27. The Kier molecular flexibility index (Phi) is 4.32. The standard InChI is InChI=1S/C11H17N5O3/c1-2-5-12-11(18)13-6-8-15-10(19-16-8)7-3-4-9(17)14-7/h7H,2-6H2,1H3,(H,14,17)(H2,12,13,18)/t7-/m0/s1. The number of nitrogens with zero attached hydrogens (tertiary/aromatic N) is 2. The van der Waals surface area contributed by atoms with Crippen molar-refractivity contribution < 1.29 is 14.1 Å². The molecule has 0 aromatic carbocycles. The van der Waals surface area contributed by atoms with Gasteiger partial charge in [0, 0.05) is 13.0 Å². The Morgan fingerprint density at radius 3 is 3.05 bits per heavy atom. The Balaban J connectivity index is 1.81. The fourth-order valence-corrected chi connectivity index (χ4v) is 1.74. The van der Waals surface area contributed by atoms with Crippen molar-refractivity contribution in [1.29, 1.82) is 0 Å². The van der Waals surface area contributed by atoms with Gasteiger partial charge in [-0.25, -0.2) is 4.79 Å². The molecule has 1 aliphatic heterocycles. The molecule has 0 saturated carbocycles. The molecular formula is C11H17N5O3. The second kappa shape index (κ2) is 6.17. The number of rotatable bonds is 5. The Bertz CT molecular complexity index is 459. The van der Waals surface area contributed by atoms with E-state index in [9.17, 15) is 9.59 Å². The van der Waals surface area contributed by atoms with Crippen LogP contribution >= 0.6 is 0 Å². The van der Waals surface area contributed by atoms with Crippen molar-refractivity contribution in [2.24, 2.45) is 0 Å². The molecule has 2 rings (SSSR count). The van der Waals surface area contributed by atoms with E-state index < -0.39 is 0 Å². The summed E-state index contributed by atoms with van der Waals surface area (Å²) < 4.78 is 5.06. The van der Waals surface area contributed by atoms with Crippen molar-refractivity contribution in [3.8, 4) is 0 Å². The first kappa shape index (κ1) is 13.3. The third-order valence-corrected chi connectivity index (χ3v) is 2.72. The van der Waals surface area contributed by atoms with Crippen LogP contribution in [0, 0.1) is 0 Å². The van der Waals surface area contributed by atoms with Crippen LogP contribution in [0.25, 0.3) is 0 Å². The minimum atomic E-state index is -0.262. The molecule has 1 saturated heterocycles. The molecule has 3 amide bonds. The van der Waals surface area contributed by atoms with Gasteiger partial charge in [0.15, 0.2) is 5.82 Å². The summed E-state index contributed by atoms with van der Waals surface area (Å²) >= 11 is 0. The quantitative estimate of drug-likeness (QED) is 0.707. The van der Waals surface area contributed by atoms with Gasteiger partial charge in [-0.15, -0.1) is 0 Å². The van der Waals surface area contributed by atoms with Crippen LogP contribution in [-0.4, -0.2) is 28.6 Å². The fourth-order valence-electron chi connectivity index (χ4n) is 1.74. The molecule has 8 nitrogen and oxygen atoms in total. The van der Waals surface area contributed by atoms with Crippen LogP contribution < -0.4 is 16.0 Å². The van der Waals surface area contributed by atoms with Crippen LogP contribution in [0.2, 0.25) is 0 Å². The number of carbonyl (C=O) groups excluding carboxylic acids is 2. The predicted octanol–water partition coefficient (Wildman–Crippen LogP) is 0.230. The minimum Gasteiger partial charge on any atom is -0.344 e. The van der Waals surface area contributed by atoms with E-state index in [4.69, 9.17) is 4.52 Å². The number of hydrogen-bond donors (Lipinski definition) is 3. The van der Waals surface area contributed by atoms with E-state index in [0.29, 0.717) is 31.1 Å². The Morgan fingerprint density at radius 2 is 2.37 bits per heavy atom. The maximum atomic E-state index is 11.3. The number of carbonyl (C=O) groups is 2. The molecule has 1 aromatic rings. The first-order chi connectivity index (χ1) is 9.19. The maximum absolute atomic E-state index is 11.3. The number of aromatic nitrogens is 2. The lowest BCUT2D eigenvalue weighted by Crippen LogP contribution is -2.35. The number of amides is 3. The van der Waals surface area contributed by atoms with Gasteiger partial charge in [0.2, 0.25) is 11.8 Å². The summed E-state index contributed by atoms with van der Waals surface area (Å²) in [5, 5.41) is 11.8. The van der Waals surface area contributed by atoms with E-state index >= 15 is 0 Å². The summed E-state index contributed by atoms with van der Waals surface area (Å²) in [5.41, 5.74) is 0. The molecule has 3 N–H and O–H groups in total. The molecule has 0 bridgehead atoms. The average molecular weight is 267 g/mol. The topological polar surface area (TPSA) is 109 Å². The van der Waals surface area contributed by atoms with E-state index in [0.717, 1.165) is 6.42 Å². The largest absolute Gasteiger partial charge is 0.344 e. The molecule has 1 aliphatic rings. The van der Waals surface area contributed by atoms with Gasteiger partial charge < -0.3 is 20.5 Å². The van der Waals surface area contributed by atoms with Crippen molar-refractivity contribution in [3.05, 3.63) is 11.7 Å². The van der Waals surface area contributed by atoms with Gasteiger partial charge >= 0.3 is 6.03 Å². The third-order valence-electron chi connectivity index (χ3n) is 2.72. The second-order valence-corrected chi connectivity index (χ2v) is 4.32. The number of hydrogen-bond acceptors (Lipinski definition) is 5. The van der Waals surface area contributed by atoms with Crippen LogP contribution in [0.4, 0.5) is 4.79 Å². The zero-order valence-corrected chi connectivity index (χ0v) is 10.7. The zero-order chi connectivity index (χ0) is 13.7. The van der Waals surface area contributed by atoms with Crippen molar-refractivity contribution in [3.63, 3.8) is 0 Å². The Hall–Kier alpha value is -2.12. The number of urea groups is 1. The fraction of sp³-hybridized carbons (Fsp3) is 0.636. The molecule has 8 heteroatoms. The van der Waals surface area contributed by atoms with Gasteiger partial charge in [-0.3, -0.25) is 4.79 Å². The normalized spacial score (nSPS) is 18.2. The molecule has 0 spiro atoms. The lowest BCUT2D eigenvalue weighted by atomic mass is 10.2. The third kappa shape index (κ3) is 3.67. The molecule has 0 radical (unpaired) electrons. The van der Waals surface area contributed by atoms with Crippen LogP contribution in [-0.2, 0) is 11.3 Å².